The Hall–Kier alpha value is -1.45. The number of nitrogens with one attached hydrogen (secondary N) is 2. The molecule has 0 saturated heterocycles. The molecule has 1 amide bonds. The zero-order chi connectivity index (χ0) is 16.2. The van der Waals surface area contributed by atoms with Crippen LogP contribution in [0.5, 0.6) is 0 Å². The van der Waals surface area contributed by atoms with Gasteiger partial charge in [-0.15, -0.1) is 11.3 Å². The molecule has 0 aliphatic heterocycles. The molecule has 1 atom stereocenters. The summed E-state index contributed by atoms with van der Waals surface area (Å²) in [7, 11) is -3.54. The summed E-state index contributed by atoms with van der Waals surface area (Å²) in [6.45, 7) is 3.72. The number of rotatable bonds is 7. The van der Waals surface area contributed by atoms with E-state index in [4.69, 9.17) is 5.11 Å². The molecule has 1 aromatic heterocycles. The third-order valence-electron chi connectivity index (χ3n) is 2.50. The number of carbonyl (C=O) groups is 2. The minimum Gasteiger partial charge on any atom is -0.477 e. The van der Waals surface area contributed by atoms with Gasteiger partial charge in [0.1, 0.15) is 10.9 Å². The van der Waals surface area contributed by atoms with Gasteiger partial charge in [-0.05, 0) is 23.8 Å². The molecule has 1 unspecified atom stereocenters. The third kappa shape index (κ3) is 5.82. The molecular weight excluding hydrogens is 316 g/mol. The standard InChI is InChI=1S/C12H18N2O5S2/c1-7(2)6-9(14-21(3,18)19)11(15)13-8-4-5-20-10(8)12(16)17/h4-5,7,9,14H,6H2,1-3H3,(H,13,15)(H,16,17). The Labute approximate surface area is 127 Å². The van der Waals surface area contributed by atoms with E-state index in [1.54, 1.807) is 5.38 Å². The SMILES string of the molecule is CC(C)CC(NS(C)(=O)=O)C(=O)Nc1ccsc1C(=O)O. The first-order chi connectivity index (χ1) is 9.60. The number of carbonyl (C=O) groups excluding carboxylic acids is 1. The van der Waals surface area contributed by atoms with Gasteiger partial charge < -0.3 is 10.4 Å². The molecule has 0 saturated carbocycles. The highest BCUT2D eigenvalue weighted by Gasteiger charge is 2.24. The van der Waals surface area contributed by atoms with Gasteiger partial charge in [0.15, 0.2) is 0 Å². The molecular formula is C12H18N2O5S2. The summed E-state index contributed by atoms with van der Waals surface area (Å²) in [4.78, 5) is 23.2. The number of thiophene rings is 1. The maximum Gasteiger partial charge on any atom is 0.348 e. The number of amides is 1. The highest BCUT2D eigenvalue weighted by Crippen LogP contribution is 2.22. The van der Waals surface area contributed by atoms with Crippen molar-refractivity contribution < 1.29 is 23.1 Å². The quantitative estimate of drug-likeness (QED) is 0.696. The van der Waals surface area contributed by atoms with Crippen LogP contribution in [0.4, 0.5) is 5.69 Å². The summed E-state index contributed by atoms with van der Waals surface area (Å²) in [5.41, 5.74) is 0.168. The smallest absolute Gasteiger partial charge is 0.348 e. The van der Waals surface area contributed by atoms with Crippen molar-refractivity contribution in [2.75, 3.05) is 11.6 Å². The monoisotopic (exact) mass is 334 g/mol. The first-order valence-corrected chi connectivity index (χ1v) is 8.96. The predicted octanol–water partition coefficient (Wildman–Crippen LogP) is 1.35. The first-order valence-electron chi connectivity index (χ1n) is 6.19. The molecule has 21 heavy (non-hydrogen) atoms. The van der Waals surface area contributed by atoms with E-state index >= 15 is 0 Å². The lowest BCUT2D eigenvalue weighted by atomic mass is 10.0. The van der Waals surface area contributed by atoms with Crippen LogP contribution in [0, 0.1) is 5.92 Å². The topological polar surface area (TPSA) is 113 Å². The van der Waals surface area contributed by atoms with Crippen LogP contribution in [0.2, 0.25) is 0 Å². The van der Waals surface area contributed by atoms with Crippen LogP contribution in [0.3, 0.4) is 0 Å². The molecule has 0 fully saturated rings. The summed E-state index contributed by atoms with van der Waals surface area (Å²) in [6.07, 6.45) is 1.28. The molecule has 1 aromatic rings. The second kappa shape index (κ2) is 7.01. The summed E-state index contributed by atoms with van der Waals surface area (Å²) < 4.78 is 24.9. The second-order valence-electron chi connectivity index (χ2n) is 5.03. The van der Waals surface area contributed by atoms with Crippen LogP contribution in [0.1, 0.15) is 29.9 Å². The van der Waals surface area contributed by atoms with Crippen molar-refractivity contribution >= 4 is 38.9 Å². The van der Waals surface area contributed by atoms with Crippen molar-refractivity contribution in [3.63, 3.8) is 0 Å². The van der Waals surface area contributed by atoms with E-state index in [0.29, 0.717) is 6.42 Å². The van der Waals surface area contributed by atoms with Crippen molar-refractivity contribution in [3.8, 4) is 0 Å². The van der Waals surface area contributed by atoms with Crippen molar-refractivity contribution in [2.24, 2.45) is 5.92 Å². The number of anilines is 1. The van der Waals surface area contributed by atoms with E-state index in [2.05, 4.69) is 10.0 Å². The second-order valence-corrected chi connectivity index (χ2v) is 7.73. The fraction of sp³-hybridized carbons (Fsp3) is 0.500. The Morgan fingerprint density at radius 1 is 1.38 bits per heavy atom. The van der Waals surface area contributed by atoms with Gasteiger partial charge in [0.2, 0.25) is 15.9 Å². The van der Waals surface area contributed by atoms with E-state index < -0.39 is 27.9 Å². The lowest BCUT2D eigenvalue weighted by Crippen LogP contribution is -2.44. The van der Waals surface area contributed by atoms with Gasteiger partial charge in [0.25, 0.3) is 0 Å². The van der Waals surface area contributed by atoms with Gasteiger partial charge in [-0.1, -0.05) is 13.8 Å². The Balaban J connectivity index is 2.90. The van der Waals surface area contributed by atoms with Crippen molar-refractivity contribution in [2.45, 2.75) is 26.3 Å². The van der Waals surface area contributed by atoms with Gasteiger partial charge >= 0.3 is 5.97 Å². The van der Waals surface area contributed by atoms with Gasteiger partial charge in [-0.3, -0.25) is 4.79 Å². The predicted molar refractivity (Wildman–Crippen MR) is 81.1 cm³/mol. The van der Waals surface area contributed by atoms with Crippen molar-refractivity contribution in [3.05, 3.63) is 16.3 Å². The van der Waals surface area contributed by atoms with Crippen LogP contribution < -0.4 is 10.0 Å². The van der Waals surface area contributed by atoms with E-state index in [-0.39, 0.29) is 16.5 Å². The largest absolute Gasteiger partial charge is 0.477 e. The third-order valence-corrected chi connectivity index (χ3v) is 4.11. The number of hydrogen-bond acceptors (Lipinski definition) is 5. The molecule has 7 nitrogen and oxygen atoms in total. The number of carboxylic acids is 1. The zero-order valence-corrected chi connectivity index (χ0v) is 13.5. The zero-order valence-electron chi connectivity index (χ0n) is 11.9. The van der Waals surface area contributed by atoms with Crippen molar-refractivity contribution in [1.82, 2.24) is 4.72 Å². The Kier molecular flexibility index (Phi) is 5.87. The molecule has 0 bridgehead atoms. The maximum absolute atomic E-state index is 12.2. The van der Waals surface area contributed by atoms with E-state index in [9.17, 15) is 18.0 Å². The highest BCUT2D eigenvalue weighted by atomic mass is 32.2. The van der Waals surface area contributed by atoms with Crippen molar-refractivity contribution in [1.29, 1.82) is 0 Å². The number of aromatic carboxylic acids is 1. The van der Waals surface area contributed by atoms with Crippen LogP contribution >= 0.6 is 11.3 Å². The lowest BCUT2D eigenvalue weighted by molar-refractivity contribution is -0.118. The van der Waals surface area contributed by atoms with Crippen LogP contribution in [-0.2, 0) is 14.8 Å². The summed E-state index contributed by atoms with van der Waals surface area (Å²) in [5.74, 6) is -1.62. The lowest BCUT2D eigenvalue weighted by Gasteiger charge is -2.18. The average Bonchev–Trinajstić information content (AvgIpc) is 2.73. The molecule has 0 spiro atoms. The molecule has 9 heteroatoms. The molecule has 3 N–H and O–H groups in total. The molecule has 1 rings (SSSR count). The fourth-order valence-corrected chi connectivity index (χ4v) is 3.14. The summed E-state index contributed by atoms with van der Waals surface area (Å²) in [6, 6.07) is 0.528. The van der Waals surface area contributed by atoms with Gasteiger partial charge in [-0.25, -0.2) is 17.9 Å². The van der Waals surface area contributed by atoms with E-state index in [1.807, 2.05) is 13.8 Å². The molecule has 118 valence electrons. The molecule has 0 radical (unpaired) electrons. The normalized spacial score (nSPS) is 13.1. The first kappa shape index (κ1) is 17.6. The van der Waals surface area contributed by atoms with Crippen LogP contribution in [0.15, 0.2) is 11.4 Å². The molecule has 0 aliphatic carbocycles. The number of hydrogen-bond donors (Lipinski definition) is 3. The maximum atomic E-state index is 12.2. The van der Waals surface area contributed by atoms with Crippen LogP contribution in [-0.4, -0.2) is 37.7 Å². The molecule has 0 aromatic carbocycles. The summed E-state index contributed by atoms with van der Waals surface area (Å²) in [5, 5.41) is 13.0. The number of carboxylic acid groups (broad SMARTS) is 1. The van der Waals surface area contributed by atoms with Gasteiger partial charge in [0.05, 0.1) is 11.9 Å². The van der Waals surface area contributed by atoms with Crippen LogP contribution in [0.25, 0.3) is 0 Å². The minimum absolute atomic E-state index is 0.00556. The van der Waals surface area contributed by atoms with E-state index in [0.717, 1.165) is 17.6 Å². The average molecular weight is 334 g/mol. The fourth-order valence-electron chi connectivity index (χ4n) is 1.73. The molecule has 0 aliphatic rings. The Morgan fingerprint density at radius 3 is 2.48 bits per heavy atom. The molecule has 1 heterocycles. The highest BCUT2D eigenvalue weighted by molar-refractivity contribution is 7.88. The minimum atomic E-state index is -3.54. The van der Waals surface area contributed by atoms with Gasteiger partial charge in [-0.2, -0.15) is 0 Å². The summed E-state index contributed by atoms with van der Waals surface area (Å²) >= 11 is 0.985. The number of sulfonamides is 1. The Bertz CT molecular complexity index is 621. The van der Waals surface area contributed by atoms with E-state index in [1.165, 1.54) is 6.07 Å². The van der Waals surface area contributed by atoms with Gasteiger partial charge in [0, 0.05) is 0 Å². The Morgan fingerprint density at radius 2 is 2.00 bits per heavy atom.